The fourth-order valence-electron chi connectivity index (χ4n) is 1.62. The Morgan fingerprint density at radius 3 is 2.74 bits per heavy atom. The Morgan fingerprint density at radius 2 is 2.11 bits per heavy atom. The fraction of sp³-hybridized carbons (Fsp3) is 0.273. The highest BCUT2D eigenvalue weighted by Crippen LogP contribution is 2.24. The average Bonchev–Trinajstić information content (AvgIpc) is 2.69. The first kappa shape index (κ1) is 12.8. The third kappa shape index (κ3) is 2.62. The van der Waals surface area contributed by atoms with Crippen molar-refractivity contribution < 1.29 is 4.92 Å². The quantitative estimate of drug-likeness (QED) is 0.639. The lowest BCUT2D eigenvalue weighted by atomic mass is 10.3. The van der Waals surface area contributed by atoms with E-state index >= 15 is 0 Å². The molecule has 0 saturated carbocycles. The predicted molar refractivity (Wildman–Crippen MR) is 71.2 cm³/mol. The molecule has 19 heavy (non-hydrogen) atoms. The molecule has 8 nitrogen and oxygen atoms in total. The van der Waals surface area contributed by atoms with Gasteiger partial charge in [-0.2, -0.15) is 9.67 Å². The first-order valence-corrected chi connectivity index (χ1v) is 5.72. The van der Waals surface area contributed by atoms with Crippen LogP contribution >= 0.6 is 0 Å². The normalized spacial score (nSPS) is 10.7. The summed E-state index contributed by atoms with van der Waals surface area (Å²) in [4.78, 5) is 14.5. The van der Waals surface area contributed by atoms with Crippen LogP contribution in [0.15, 0.2) is 24.3 Å². The summed E-state index contributed by atoms with van der Waals surface area (Å²) < 4.78 is 1.25. The molecule has 1 aromatic heterocycles. The van der Waals surface area contributed by atoms with E-state index in [1.54, 1.807) is 18.2 Å². The van der Waals surface area contributed by atoms with Gasteiger partial charge in [-0.3, -0.25) is 10.1 Å². The third-order valence-electron chi connectivity index (χ3n) is 2.36. The van der Waals surface area contributed by atoms with Crippen LogP contribution in [-0.2, 0) is 0 Å². The molecular formula is C11H14N6O2. The number of rotatable bonds is 4. The molecule has 1 aromatic carbocycles. The van der Waals surface area contributed by atoms with E-state index in [2.05, 4.69) is 15.4 Å². The van der Waals surface area contributed by atoms with E-state index in [0.717, 1.165) is 0 Å². The van der Waals surface area contributed by atoms with Crippen LogP contribution in [0.5, 0.6) is 0 Å². The Bertz CT molecular complexity index is 607. The number of hydrogen-bond acceptors (Lipinski definition) is 6. The SMILES string of the molecule is CC(C)Nc1nc(N)n(-c2ccccc2[N+](=O)[O-])n1. The minimum absolute atomic E-state index is 0.0739. The number of aromatic nitrogens is 3. The number of nitrogen functional groups attached to an aromatic ring is 1. The molecule has 0 aliphatic heterocycles. The highest BCUT2D eigenvalue weighted by atomic mass is 16.6. The van der Waals surface area contributed by atoms with Crippen LogP contribution in [-0.4, -0.2) is 25.7 Å². The maximum absolute atomic E-state index is 11.0. The lowest BCUT2D eigenvalue weighted by molar-refractivity contribution is -0.384. The molecule has 0 spiro atoms. The van der Waals surface area contributed by atoms with Gasteiger partial charge in [0.25, 0.3) is 5.69 Å². The Labute approximate surface area is 109 Å². The summed E-state index contributed by atoms with van der Waals surface area (Å²) in [6, 6.07) is 6.37. The summed E-state index contributed by atoms with van der Waals surface area (Å²) in [5, 5.41) is 18.1. The molecule has 0 bridgehead atoms. The highest BCUT2D eigenvalue weighted by Gasteiger charge is 2.18. The lowest BCUT2D eigenvalue weighted by Crippen LogP contribution is -2.11. The van der Waals surface area contributed by atoms with Crippen molar-refractivity contribution in [2.24, 2.45) is 0 Å². The van der Waals surface area contributed by atoms with Crippen molar-refractivity contribution in [1.82, 2.24) is 14.8 Å². The third-order valence-corrected chi connectivity index (χ3v) is 2.36. The fourth-order valence-corrected chi connectivity index (χ4v) is 1.62. The minimum Gasteiger partial charge on any atom is -0.368 e. The van der Waals surface area contributed by atoms with Crippen molar-refractivity contribution in [2.45, 2.75) is 19.9 Å². The van der Waals surface area contributed by atoms with Crippen LogP contribution in [0.3, 0.4) is 0 Å². The number of nitro benzene ring substituents is 1. The first-order chi connectivity index (χ1) is 8.99. The van der Waals surface area contributed by atoms with Gasteiger partial charge < -0.3 is 11.1 Å². The van der Waals surface area contributed by atoms with Crippen LogP contribution in [0.4, 0.5) is 17.6 Å². The summed E-state index contributed by atoms with van der Waals surface area (Å²) in [5.74, 6) is 0.433. The largest absolute Gasteiger partial charge is 0.368 e. The molecule has 0 atom stereocenters. The van der Waals surface area contributed by atoms with Gasteiger partial charge in [-0.05, 0) is 19.9 Å². The van der Waals surface area contributed by atoms with Crippen LogP contribution in [0.2, 0.25) is 0 Å². The predicted octanol–water partition coefficient (Wildman–Crippen LogP) is 1.58. The van der Waals surface area contributed by atoms with E-state index in [0.29, 0.717) is 5.95 Å². The van der Waals surface area contributed by atoms with Crippen molar-refractivity contribution in [1.29, 1.82) is 0 Å². The number of nitrogens with one attached hydrogen (secondary N) is 1. The molecule has 0 amide bonds. The molecule has 0 radical (unpaired) electrons. The topological polar surface area (TPSA) is 112 Å². The van der Waals surface area contributed by atoms with Gasteiger partial charge in [0.1, 0.15) is 5.69 Å². The molecule has 3 N–H and O–H groups in total. The number of hydrogen-bond donors (Lipinski definition) is 2. The Balaban J connectivity index is 2.47. The Hall–Kier alpha value is -2.64. The van der Waals surface area contributed by atoms with E-state index in [9.17, 15) is 10.1 Å². The number of para-hydroxylation sites is 2. The zero-order chi connectivity index (χ0) is 14.0. The zero-order valence-corrected chi connectivity index (χ0v) is 10.6. The van der Waals surface area contributed by atoms with E-state index < -0.39 is 4.92 Å². The number of nitrogens with two attached hydrogens (primary N) is 1. The summed E-state index contributed by atoms with van der Waals surface area (Å²) >= 11 is 0. The van der Waals surface area contributed by atoms with E-state index in [-0.39, 0.29) is 23.4 Å². The van der Waals surface area contributed by atoms with E-state index in [1.165, 1.54) is 10.7 Å². The molecule has 0 saturated heterocycles. The van der Waals surface area contributed by atoms with Crippen molar-refractivity contribution >= 4 is 17.6 Å². The number of nitro groups is 1. The smallest absolute Gasteiger partial charge is 0.295 e. The average molecular weight is 262 g/mol. The molecule has 0 fully saturated rings. The molecule has 0 aliphatic rings. The van der Waals surface area contributed by atoms with E-state index in [4.69, 9.17) is 5.73 Å². The molecule has 0 unspecified atom stereocenters. The van der Waals surface area contributed by atoms with Crippen LogP contribution in [0.25, 0.3) is 5.69 Å². The Morgan fingerprint density at radius 1 is 1.42 bits per heavy atom. The van der Waals surface area contributed by atoms with E-state index in [1.807, 2.05) is 13.8 Å². The standard InChI is InChI=1S/C11H14N6O2/c1-7(2)13-11-14-10(12)16(15-11)8-5-3-4-6-9(8)17(18)19/h3-7H,1-2H3,(H3,12,13,14,15). The summed E-state index contributed by atoms with van der Waals surface area (Å²) in [6.07, 6.45) is 0. The molecule has 8 heteroatoms. The zero-order valence-electron chi connectivity index (χ0n) is 10.6. The molecule has 0 aliphatic carbocycles. The van der Waals surface area contributed by atoms with Crippen molar-refractivity contribution in [2.75, 3.05) is 11.1 Å². The molecule has 2 aromatic rings. The molecule has 2 rings (SSSR count). The second kappa shape index (κ2) is 4.92. The van der Waals surface area contributed by atoms with Crippen LogP contribution in [0.1, 0.15) is 13.8 Å². The maximum atomic E-state index is 11.0. The van der Waals surface area contributed by atoms with Crippen LogP contribution in [0, 0.1) is 10.1 Å². The monoisotopic (exact) mass is 262 g/mol. The second-order valence-electron chi connectivity index (χ2n) is 4.25. The van der Waals surface area contributed by atoms with Gasteiger partial charge >= 0.3 is 0 Å². The van der Waals surface area contributed by atoms with Crippen molar-refractivity contribution in [3.8, 4) is 5.69 Å². The Kier molecular flexibility index (Phi) is 3.32. The van der Waals surface area contributed by atoms with Gasteiger partial charge in [0.15, 0.2) is 0 Å². The van der Waals surface area contributed by atoms with Gasteiger partial charge in [0.2, 0.25) is 11.9 Å². The summed E-state index contributed by atoms with van der Waals surface area (Å²) in [7, 11) is 0. The second-order valence-corrected chi connectivity index (χ2v) is 4.25. The summed E-state index contributed by atoms with van der Waals surface area (Å²) in [5.41, 5.74) is 5.96. The van der Waals surface area contributed by atoms with Gasteiger partial charge in [0, 0.05) is 12.1 Å². The number of nitrogens with zero attached hydrogens (tertiary/aromatic N) is 4. The number of benzene rings is 1. The van der Waals surface area contributed by atoms with Gasteiger partial charge in [-0.1, -0.05) is 12.1 Å². The molecule has 100 valence electrons. The van der Waals surface area contributed by atoms with Crippen LogP contribution < -0.4 is 11.1 Å². The van der Waals surface area contributed by atoms with Gasteiger partial charge in [-0.15, -0.1) is 5.10 Å². The highest BCUT2D eigenvalue weighted by molar-refractivity contribution is 5.55. The molecular weight excluding hydrogens is 248 g/mol. The van der Waals surface area contributed by atoms with Gasteiger partial charge in [-0.25, -0.2) is 0 Å². The van der Waals surface area contributed by atoms with Crippen molar-refractivity contribution in [3.63, 3.8) is 0 Å². The van der Waals surface area contributed by atoms with Crippen molar-refractivity contribution in [3.05, 3.63) is 34.4 Å². The maximum Gasteiger partial charge on any atom is 0.295 e. The first-order valence-electron chi connectivity index (χ1n) is 5.72. The number of anilines is 2. The molecule has 1 heterocycles. The van der Waals surface area contributed by atoms with Gasteiger partial charge in [0.05, 0.1) is 4.92 Å². The summed E-state index contributed by atoms with van der Waals surface area (Å²) in [6.45, 7) is 3.86. The minimum atomic E-state index is -0.480. The lowest BCUT2D eigenvalue weighted by Gasteiger charge is -2.04.